The number of fused-ring (bicyclic) bond motifs is 4. The molecule has 44 heavy (non-hydrogen) atoms. The van der Waals surface area contributed by atoms with Crippen LogP contribution in [0.3, 0.4) is 0 Å². The SMILES string of the molecule is Cl.Clc1ncnc2ccc(I)cc12.Ic1ccc2ncnc(N3CCc4ccccc4C3)c2c1.c1ccc2c(c1)CCNC2. The number of hydrogen-bond acceptors (Lipinski definition) is 6. The predicted molar refractivity (Wildman–Crippen MR) is 200 cm³/mol. The first kappa shape index (κ1) is 32.7. The first-order valence-electron chi connectivity index (χ1n) is 14.1. The van der Waals surface area contributed by atoms with Crippen molar-refractivity contribution in [3.8, 4) is 0 Å². The fourth-order valence-electron chi connectivity index (χ4n) is 5.36. The monoisotopic (exact) mass is 846 g/mol. The second-order valence-electron chi connectivity index (χ2n) is 10.3. The van der Waals surface area contributed by atoms with Gasteiger partial charge in [0.15, 0.2) is 0 Å². The summed E-state index contributed by atoms with van der Waals surface area (Å²) in [6.07, 6.45) is 5.41. The van der Waals surface area contributed by atoms with Crippen LogP contribution in [0.15, 0.2) is 97.6 Å². The highest BCUT2D eigenvalue weighted by atomic mass is 127. The highest BCUT2D eigenvalue weighted by molar-refractivity contribution is 14.1. The third-order valence-corrected chi connectivity index (χ3v) is 9.20. The summed E-state index contributed by atoms with van der Waals surface area (Å²) in [6, 6.07) is 29.5. The van der Waals surface area contributed by atoms with Gasteiger partial charge in [-0.2, -0.15) is 0 Å². The van der Waals surface area contributed by atoms with Crippen molar-refractivity contribution in [2.24, 2.45) is 0 Å². The minimum atomic E-state index is 0. The van der Waals surface area contributed by atoms with E-state index in [9.17, 15) is 0 Å². The van der Waals surface area contributed by atoms with E-state index < -0.39 is 0 Å². The van der Waals surface area contributed by atoms with Gasteiger partial charge in [0.05, 0.1) is 11.0 Å². The third-order valence-electron chi connectivity index (χ3n) is 7.56. The molecule has 0 aliphatic carbocycles. The van der Waals surface area contributed by atoms with E-state index in [1.54, 1.807) is 6.33 Å². The van der Waals surface area contributed by atoms with E-state index in [2.05, 4.69) is 142 Å². The van der Waals surface area contributed by atoms with Gasteiger partial charge in [0, 0.05) is 37.5 Å². The van der Waals surface area contributed by atoms with Crippen molar-refractivity contribution in [2.75, 3.05) is 18.0 Å². The van der Waals surface area contributed by atoms with Crippen LogP contribution in [0.2, 0.25) is 5.15 Å². The molecule has 6 aromatic rings. The molecular formula is C34H30Cl2I2N6. The Kier molecular flexibility index (Phi) is 11.6. The van der Waals surface area contributed by atoms with E-state index in [-0.39, 0.29) is 12.4 Å². The van der Waals surface area contributed by atoms with Crippen LogP contribution in [-0.4, -0.2) is 33.0 Å². The number of hydrogen-bond donors (Lipinski definition) is 1. The Balaban J connectivity index is 0.000000142. The quantitative estimate of drug-likeness (QED) is 0.133. The van der Waals surface area contributed by atoms with Crippen LogP contribution in [0, 0.1) is 7.14 Å². The summed E-state index contributed by atoms with van der Waals surface area (Å²) in [5.41, 5.74) is 7.74. The molecule has 8 rings (SSSR count). The van der Waals surface area contributed by atoms with Gasteiger partial charge in [-0.15, -0.1) is 12.4 Å². The maximum atomic E-state index is 5.87. The second kappa shape index (κ2) is 15.6. The Hall–Kier alpha value is -2.64. The maximum Gasteiger partial charge on any atom is 0.140 e. The molecule has 0 radical (unpaired) electrons. The lowest BCUT2D eigenvalue weighted by Crippen LogP contribution is -2.31. The number of halogens is 4. The van der Waals surface area contributed by atoms with E-state index in [4.69, 9.17) is 11.6 Å². The number of aromatic nitrogens is 4. The molecule has 0 atom stereocenters. The van der Waals surface area contributed by atoms with Gasteiger partial charge >= 0.3 is 0 Å². The molecule has 0 unspecified atom stereocenters. The van der Waals surface area contributed by atoms with Crippen molar-refractivity contribution < 1.29 is 0 Å². The van der Waals surface area contributed by atoms with Crippen molar-refractivity contribution in [3.05, 3.63) is 132 Å². The minimum absolute atomic E-state index is 0. The highest BCUT2D eigenvalue weighted by Crippen LogP contribution is 2.29. The molecule has 2 aromatic heterocycles. The molecular weight excluding hydrogens is 817 g/mol. The minimum Gasteiger partial charge on any atom is -0.351 e. The Morgan fingerprint density at radius 3 is 1.95 bits per heavy atom. The summed E-state index contributed by atoms with van der Waals surface area (Å²) < 4.78 is 2.35. The molecule has 0 spiro atoms. The zero-order valence-electron chi connectivity index (χ0n) is 23.8. The number of nitrogens with one attached hydrogen (secondary N) is 1. The summed E-state index contributed by atoms with van der Waals surface area (Å²) >= 11 is 10.4. The molecule has 0 amide bonds. The molecule has 4 heterocycles. The second-order valence-corrected chi connectivity index (χ2v) is 13.2. The Morgan fingerprint density at radius 1 is 0.659 bits per heavy atom. The molecule has 0 saturated carbocycles. The lowest BCUT2D eigenvalue weighted by Gasteiger charge is -2.30. The lowest BCUT2D eigenvalue weighted by molar-refractivity contribution is 0.644. The summed E-state index contributed by atoms with van der Waals surface area (Å²) in [7, 11) is 0. The number of anilines is 1. The van der Waals surface area contributed by atoms with Gasteiger partial charge in [-0.1, -0.05) is 60.1 Å². The molecule has 0 fully saturated rings. The highest BCUT2D eigenvalue weighted by Gasteiger charge is 2.19. The summed E-state index contributed by atoms with van der Waals surface area (Å²) in [5.74, 6) is 1.05. The number of benzene rings is 4. The van der Waals surface area contributed by atoms with Gasteiger partial charge in [-0.05, 0) is 123 Å². The molecule has 10 heteroatoms. The van der Waals surface area contributed by atoms with Gasteiger partial charge in [-0.25, -0.2) is 19.9 Å². The zero-order chi connectivity index (χ0) is 29.6. The van der Waals surface area contributed by atoms with Crippen LogP contribution in [0.4, 0.5) is 5.82 Å². The smallest absolute Gasteiger partial charge is 0.140 e. The first-order valence-corrected chi connectivity index (χ1v) is 16.6. The fourth-order valence-corrected chi connectivity index (χ4v) is 6.54. The van der Waals surface area contributed by atoms with Crippen LogP contribution in [0.25, 0.3) is 21.8 Å². The van der Waals surface area contributed by atoms with Crippen molar-refractivity contribution in [1.29, 1.82) is 0 Å². The van der Waals surface area contributed by atoms with Crippen LogP contribution in [0.1, 0.15) is 22.3 Å². The maximum absolute atomic E-state index is 5.87. The molecule has 6 nitrogen and oxygen atoms in total. The van der Waals surface area contributed by atoms with Crippen molar-refractivity contribution in [3.63, 3.8) is 0 Å². The average molecular weight is 847 g/mol. The van der Waals surface area contributed by atoms with E-state index >= 15 is 0 Å². The summed E-state index contributed by atoms with van der Waals surface area (Å²) in [4.78, 5) is 19.3. The molecule has 2 aliphatic heterocycles. The molecule has 0 bridgehead atoms. The molecule has 1 N–H and O–H groups in total. The topological polar surface area (TPSA) is 66.8 Å². The third kappa shape index (κ3) is 7.95. The molecule has 2 aliphatic rings. The van der Waals surface area contributed by atoms with Crippen molar-refractivity contribution in [2.45, 2.75) is 25.9 Å². The standard InChI is InChI=1S/C17H14IN3.C9H11N.C8H4ClIN2.ClH/c18-14-5-6-16-15(9-14)17(20-11-19-16)21-8-7-12-3-1-2-4-13(12)10-21;1-2-4-9-7-10-6-5-8(9)3-1;9-8-6-3-5(10)1-2-7(6)11-4-12-8;/h1-6,9,11H,7-8,10H2;1-4,10H,5-7H2;1-4H;1H. The van der Waals surface area contributed by atoms with Crippen LogP contribution in [-0.2, 0) is 25.9 Å². The number of rotatable bonds is 1. The molecule has 4 aromatic carbocycles. The lowest BCUT2D eigenvalue weighted by atomic mass is 10.00. The Bertz CT molecular complexity index is 1860. The normalized spacial score (nSPS) is 13.4. The number of nitrogens with zero attached hydrogens (tertiary/aromatic N) is 5. The van der Waals surface area contributed by atoms with Gasteiger partial charge in [0.1, 0.15) is 23.6 Å². The molecule has 0 saturated heterocycles. The van der Waals surface area contributed by atoms with E-state index in [1.807, 2.05) is 18.2 Å². The van der Waals surface area contributed by atoms with E-state index in [0.717, 1.165) is 63.8 Å². The summed E-state index contributed by atoms with van der Waals surface area (Å²) in [6.45, 7) is 4.12. The fraction of sp³-hybridized carbons (Fsp3) is 0.176. The van der Waals surface area contributed by atoms with Gasteiger partial charge in [-0.3, -0.25) is 0 Å². The van der Waals surface area contributed by atoms with Crippen LogP contribution in [0.5, 0.6) is 0 Å². The van der Waals surface area contributed by atoms with E-state index in [0.29, 0.717) is 5.15 Å². The van der Waals surface area contributed by atoms with Gasteiger partial charge < -0.3 is 10.2 Å². The van der Waals surface area contributed by atoms with Crippen LogP contribution < -0.4 is 10.2 Å². The largest absolute Gasteiger partial charge is 0.351 e. The van der Waals surface area contributed by atoms with Crippen molar-refractivity contribution >= 4 is 96.8 Å². The Labute approximate surface area is 295 Å². The average Bonchev–Trinajstić information content (AvgIpc) is 3.05. The predicted octanol–water partition coefficient (Wildman–Crippen LogP) is 8.44. The van der Waals surface area contributed by atoms with Crippen LogP contribution >= 0.6 is 69.2 Å². The Morgan fingerprint density at radius 2 is 1.25 bits per heavy atom. The molecule has 224 valence electrons. The van der Waals surface area contributed by atoms with Gasteiger partial charge in [0.25, 0.3) is 0 Å². The van der Waals surface area contributed by atoms with E-state index in [1.165, 1.54) is 38.6 Å². The first-order chi connectivity index (χ1) is 21.0. The van der Waals surface area contributed by atoms with Crippen molar-refractivity contribution in [1.82, 2.24) is 25.3 Å². The summed E-state index contributed by atoms with van der Waals surface area (Å²) in [5, 5.41) is 5.90. The zero-order valence-corrected chi connectivity index (χ0v) is 29.6. The van der Waals surface area contributed by atoms with Gasteiger partial charge in [0.2, 0.25) is 0 Å².